The number of ketones is 1. The summed E-state index contributed by atoms with van der Waals surface area (Å²) in [6.45, 7) is 4.04. The molecule has 4 nitrogen and oxygen atoms in total. The molecular weight excluding hydrogens is 374 g/mol. The van der Waals surface area contributed by atoms with Crippen molar-refractivity contribution >= 4 is 11.9 Å². The maximum atomic E-state index is 12.8. The minimum absolute atomic E-state index is 0.0829. The Balaban J connectivity index is 1.42. The highest BCUT2D eigenvalue weighted by atomic mass is 16.5. The van der Waals surface area contributed by atoms with Gasteiger partial charge in [0.25, 0.3) is 0 Å². The lowest BCUT2D eigenvalue weighted by molar-refractivity contribution is 0.102. The number of carbonyl (C=O) groups is 1. The minimum Gasteiger partial charge on any atom is -0.507 e. The second-order valence-corrected chi connectivity index (χ2v) is 8.01. The van der Waals surface area contributed by atoms with Crippen LogP contribution in [0.4, 0.5) is 0 Å². The third kappa shape index (κ3) is 5.00. The van der Waals surface area contributed by atoms with Crippen LogP contribution in [0.5, 0.6) is 5.75 Å². The van der Waals surface area contributed by atoms with E-state index in [0.29, 0.717) is 24.2 Å². The molecule has 0 aromatic heterocycles. The van der Waals surface area contributed by atoms with Crippen LogP contribution in [0.2, 0.25) is 0 Å². The lowest BCUT2D eigenvalue weighted by atomic mass is 9.88. The zero-order chi connectivity index (χ0) is 20.8. The maximum absolute atomic E-state index is 12.8. The molecule has 0 spiro atoms. The molecule has 0 atom stereocenters. The molecule has 0 amide bonds. The summed E-state index contributed by atoms with van der Waals surface area (Å²) >= 11 is 0. The Morgan fingerprint density at radius 1 is 0.967 bits per heavy atom. The van der Waals surface area contributed by atoms with Gasteiger partial charge in [-0.15, -0.1) is 0 Å². The molecule has 30 heavy (non-hydrogen) atoms. The van der Waals surface area contributed by atoms with Crippen LogP contribution in [0.25, 0.3) is 6.08 Å². The number of nitrogens with zero attached hydrogens (tertiary/aromatic N) is 1. The van der Waals surface area contributed by atoms with Gasteiger partial charge >= 0.3 is 0 Å². The molecule has 4 rings (SSSR count). The number of allylic oxidation sites excluding steroid dienone is 2. The van der Waals surface area contributed by atoms with Crippen LogP contribution < -0.4 is 4.74 Å². The van der Waals surface area contributed by atoms with E-state index in [4.69, 9.17) is 4.74 Å². The molecule has 2 aromatic rings. The number of aliphatic hydroxyl groups excluding tert-OH is 1. The summed E-state index contributed by atoms with van der Waals surface area (Å²) in [6.07, 6.45) is 6.81. The van der Waals surface area contributed by atoms with E-state index in [1.54, 1.807) is 12.1 Å². The van der Waals surface area contributed by atoms with Gasteiger partial charge in [-0.25, -0.2) is 0 Å². The summed E-state index contributed by atoms with van der Waals surface area (Å²) in [5, 5.41) is 10.8. The first-order chi connectivity index (χ1) is 14.7. The number of hydrogen-bond donors (Lipinski definition) is 1. The van der Waals surface area contributed by atoms with Gasteiger partial charge in [0.2, 0.25) is 0 Å². The van der Waals surface area contributed by atoms with Crippen molar-refractivity contribution in [2.75, 3.05) is 26.2 Å². The number of rotatable bonds is 7. The van der Waals surface area contributed by atoms with Crippen LogP contribution in [-0.4, -0.2) is 42.0 Å². The summed E-state index contributed by atoms with van der Waals surface area (Å²) < 4.78 is 5.87. The first kappa shape index (κ1) is 20.4. The molecule has 4 heteroatoms. The molecule has 1 saturated heterocycles. The predicted octanol–water partition coefficient (Wildman–Crippen LogP) is 5.42. The summed E-state index contributed by atoms with van der Waals surface area (Å²) in [5.41, 5.74) is 2.95. The number of likely N-dealkylation sites (tertiary alicyclic amines) is 1. The van der Waals surface area contributed by atoms with Crippen molar-refractivity contribution in [3.05, 3.63) is 82.6 Å². The third-order valence-corrected chi connectivity index (χ3v) is 5.87. The van der Waals surface area contributed by atoms with Crippen molar-refractivity contribution in [3.63, 3.8) is 0 Å². The quantitative estimate of drug-likeness (QED) is 0.627. The standard InChI is InChI=1S/C26H29NO3/c28-25(21-7-2-1-3-8-21)24-10-6-9-22(26(24)29)19-20-11-13-23(14-12-20)30-18-17-27-15-4-5-16-27/h1-3,7-8,11-14,19,29H,4-6,9-10,15-18H2/b22-19-. The highest BCUT2D eigenvalue weighted by Gasteiger charge is 2.23. The first-order valence-electron chi connectivity index (χ1n) is 10.9. The lowest BCUT2D eigenvalue weighted by Crippen LogP contribution is -2.25. The van der Waals surface area contributed by atoms with Gasteiger partial charge in [-0.05, 0) is 74.5 Å². The van der Waals surface area contributed by atoms with Crippen LogP contribution in [-0.2, 0) is 0 Å². The van der Waals surface area contributed by atoms with Crippen molar-refractivity contribution in [2.45, 2.75) is 32.1 Å². The van der Waals surface area contributed by atoms with Crippen LogP contribution in [0, 0.1) is 0 Å². The third-order valence-electron chi connectivity index (χ3n) is 5.87. The summed E-state index contributed by atoms with van der Waals surface area (Å²) in [4.78, 5) is 15.2. The molecule has 2 aliphatic rings. The van der Waals surface area contributed by atoms with Gasteiger partial charge in [0.1, 0.15) is 18.1 Å². The van der Waals surface area contributed by atoms with Gasteiger partial charge in [-0.3, -0.25) is 9.69 Å². The summed E-state index contributed by atoms with van der Waals surface area (Å²) in [5.74, 6) is 0.918. The first-order valence-corrected chi connectivity index (χ1v) is 10.9. The van der Waals surface area contributed by atoms with Crippen molar-refractivity contribution in [2.24, 2.45) is 0 Å². The smallest absolute Gasteiger partial charge is 0.192 e. The molecule has 1 aliphatic carbocycles. The molecule has 0 radical (unpaired) electrons. The Morgan fingerprint density at radius 3 is 2.43 bits per heavy atom. The highest BCUT2D eigenvalue weighted by molar-refractivity contribution is 6.09. The largest absolute Gasteiger partial charge is 0.507 e. The average molecular weight is 404 g/mol. The van der Waals surface area contributed by atoms with Crippen LogP contribution in [0.3, 0.4) is 0 Å². The zero-order valence-corrected chi connectivity index (χ0v) is 17.3. The van der Waals surface area contributed by atoms with Gasteiger partial charge in [0.15, 0.2) is 5.78 Å². The van der Waals surface area contributed by atoms with Crippen LogP contribution in [0.15, 0.2) is 71.5 Å². The van der Waals surface area contributed by atoms with E-state index in [-0.39, 0.29) is 11.5 Å². The van der Waals surface area contributed by atoms with E-state index >= 15 is 0 Å². The highest BCUT2D eigenvalue weighted by Crippen LogP contribution is 2.31. The maximum Gasteiger partial charge on any atom is 0.192 e. The Morgan fingerprint density at radius 2 is 1.70 bits per heavy atom. The molecule has 0 bridgehead atoms. The predicted molar refractivity (Wildman–Crippen MR) is 120 cm³/mol. The van der Waals surface area contributed by atoms with E-state index in [0.717, 1.165) is 36.3 Å². The van der Waals surface area contributed by atoms with E-state index in [1.165, 1.54) is 25.9 Å². The zero-order valence-electron chi connectivity index (χ0n) is 17.3. The molecule has 2 aromatic carbocycles. The Bertz CT molecular complexity index is 923. The van der Waals surface area contributed by atoms with Crippen molar-refractivity contribution in [1.82, 2.24) is 4.90 Å². The normalized spacial score (nSPS) is 18.7. The SMILES string of the molecule is O=C(C1=C(O)/C(=C\c2ccc(OCCN3CCCC3)cc2)CCC1)c1ccccc1. The molecule has 0 saturated carbocycles. The fourth-order valence-corrected chi connectivity index (χ4v) is 4.17. The van der Waals surface area contributed by atoms with E-state index in [9.17, 15) is 9.90 Å². The van der Waals surface area contributed by atoms with Gasteiger partial charge < -0.3 is 9.84 Å². The fraction of sp³-hybridized carbons (Fsp3) is 0.346. The summed E-state index contributed by atoms with van der Waals surface area (Å²) in [7, 11) is 0. The molecule has 1 aliphatic heterocycles. The number of benzene rings is 2. The molecule has 0 unspecified atom stereocenters. The Labute approximate surface area is 178 Å². The topological polar surface area (TPSA) is 49.8 Å². The van der Waals surface area contributed by atoms with E-state index in [2.05, 4.69) is 4.90 Å². The van der Waals surface area contributed by atoms with Crippen molar-refractivity contribution < 1.29 is 14.6 Å². The molecule has 1 heterocycles. The number of aliphatic hydroxyl groups is 1. The van der Waals surface area contributed by atoms with Crippen LogP contribution in [0.1, 0.15) is 48.0 Å². The van der Waals surface area contributed by atoms with Gasteiger partial charge in [-0.2, -0.15) is 0 Å². The monoisotopic (exact) mass is 403 g/mol. The Kier molecular flexibility index (Phi) is 6.65. The van der Waals surface area contributed by atoms with Crippen molar-refractivity contribution in [3.8, 4) is 5.75 Å². The molecule has 156 valence electrons. The van der Waals surface area contributed by atoms with Crippen molar-refractivity contribution in [1.29, 1.82) is 0 Å². The van der Waals surface area contributed by atoms with E-state index in [1.807, 2.05) is 48.5 Å². The summed E-state index contributed by atoms with van der Waals surface area (Å²) in [6, 6.07) is 17.1. The van der Waals surface area contributed by atoms with Gasteiger partial charge in [0.05, 0.1) is 0 Å². The fourth-order valence-electron chi connectivity index (χ4n) is 4.17. The second-order valence-electron chi connectivity index (χ2n) is 8.01. The van der Waals surface area contributed by atoms with Crippen LogP contribution >= 0.6 is 0 Å². The van der Waals surface area contributed by atoms with Gasteiger partial charge in [-0.1, -0.05) is 42.5 Å². The second kappa shape index (κ2) is 9.77. The molecular formula is C26H29NO3. The lowest BCUT2D eigenvalue weighted by Gasteiger charge is -2.18. The average Bonchev–Trinajstić information content (AvgIpc) is 3.30. The Hall–Kier alpha value is -2.85. The number of ether oxygens (including phenoxy) is 1. The number of Topliss-reactive ketones (excluding diaryl/α,β-unsaturated/α-hetero) is 1. The van der Waals surface area contributed by atoms with E-state index < -0.39 is 0 Å². The number of carbonyl (C=O) groups excluding carboxylic acids is 1. The molecule has 1 fully saturated rings. The minimum atomic E-state index is -0.0829. The number of hydrogen-bond acceptors (Lipinski definition) is 4. The molecule has 1 N–H and O–H groups in total. The van der Waals surface area contributed by atoms with Gasteiger partial charge in [0, 0.05) is 17.7 Å².